The summed E-state index contributed by atoms with van der Waals surface area (Å²) in [5.74, 6) is 0.998. The predicted octanol–water partition coefficient (Wildman–Crippen LogP) is 3.74. The van der Waals surface area contributed by atoms with E-state index in [1.54, 1.807) is 0 Å². The van der Waals surface area contributed by atoms with Gasteiger partial charge in [0.15, 0.2) is 0 Å². The number of ether oxygens (including phenoxy) is 1. The van der Waals surface area contributed by atoms with Crippen molar-refractivity contribution in [2.24, 2.45) is 0 Å². The standard InChI is InChI=1S/C18H28N2O/c1-2-4-6-16(7-5-3-1)19-11-10-15-8-9-18-17(14-15)20-12-13-21-18/h8-9,14,16,19-20H,1-7,10-13H2. The number of fused-ring (bicyclic) bond motifs is 1. The molecule has 1 fully saturated rings. The molecule has 2 aliphatic rings. The Balaban J connectivity index is 1.46. The summed E-state index contributed by atoms with van der Waals surface area (Å²) < 4.78 is 5.63. The Morgan fingerprint density at radius 2 is 1.90 bits per heavy atom. The maximum Gasteiger partial charge on any atom is 0.142 e. The van der Waals surface area contributed by atoms with E-state index >= 15 is 0 Å². The van der Waals surface area contributed by atoms with Crippen LogP contribution in [-0.2, 0) is 6.42 Å². The molecule has 1 saturated carbocycles. The first-order valence-electron chi connectivity index (χ1n) is 8.65. The van der Waals surface area contributed by atoms with Gasteiger partial charge in [-0.1, -0.05) is 38.2 Å². The third kappa shape index (κ3) is 4.37. The van der Waals surface area contributed by atoms with E-state index in [0.29, 0.717) is 0 Å². The first kappa shape index (κ1) is 14.7. The van der Waals surface area contributed by atoms with Gasteiger partial charge in [0.2, 0.25) is 0 Å². The molecule has 0 amide bonds. The van der Waals surface area contributed by atoms with Gasteiger partial charge in [-0.15, -0.1) is 0 Å². The maximum absolute atomic E-state index is 5.63. The predicted molar refractivity (Wildman–Crippen MR) is 88.2 cm³/mol. The fourth-order valence-electron chi connectivity index (χ4n) is 3.42. The average molecular weight is 288 g/mol. The quantitative estimate of drug-likeness (QED) is 0.885. The van der Waals surface area contributed by atoms with E-state index in [-0.39, 0.29) is 0 Å². The molecule has 1 aliphatic carbocycles. The molecule has 0 saturated heterocycles. The number of hydrogen-bond acceptors (Lipinski definition) is 3. The molecule has 3 nitrogen and oxygen atoms in total. The van der Waals surface area contributed by atoms with Crippen LogP contribution in [0.3, 0.4) is 0 Å². The van der Waals surface area contributed by atoms with Crippen molar-refractivity contribution in [1.82, 2.24) is 5.32 Å². The topological polar surface area (TPSA) is 33.3 Å². The Bertz CT molecular complexity index is 439. The molecule has 116 valence electrons. The van der Waals surface area contributed by atoms with E-state index in [0.717, 1.165) is 43.6 Å². The molecule has 1 heterocycles. The highest BCUT2D eigenvalue weighted by molar-refractivity contribution is 5.59. The third-order valence-corrected chi connectivity index (χ3v) is 4.67. The summed E-state index contributed by atoms with van der Waals surface area (Å²) in [6, 6.07) is 7.29. The largest absolute Gasteiger partial charge is 0.490 e. The lowest BCUT2D eigenvalue weighted by atomic mass is 9.96. The van der Waals surface area contributed by atoms with Crippen LogP contribution in [0.2, 0.25) is 0 Å². The van der Waals surface area contributed by atoms with Gasteiger partial charge in [0, 0.05) is 12.6 Å². The molecule has 0 atom stereocenters. The van der Waals surface area contributed by atoms with Crippen LogP contribution in [0.1, 0.15) is 50.5 Å². The minimum atomic E-state index is 0.740. The molecule has 0 unspecified atom stereocenters. The lowest BCUT2D eigenvalue weighted by Gasteiger charge is -2.22. The summed E-state index contributed by atoms with van der Waals surface area (Å²) in [5.41, 5.74) is 2.55. The van der Waals surface area contributed by atoms with Crippen LogP contribution < -0.4 is 15.4 Å². The smallest absolute Gasteiger partial charge is 0.142 e. The molecular formula is C18H28N2O. The fourth-order valence-corrected chi connectivity index (χ4v) is 3.42. The van der Waals surface area contributed by atoms with Gasteiger partial charge in [-0.05, 0) is 43.5 Å². The zero-order valence-corrected chi connectivity index (χ0v) is 13.0. The Morgan fingerprint density at radius 1 is 1.10 bits per heavy atom. The molecule has 0 bridgehead atoms. The number of nitrogens with one attached hydrogen (secondary N) is 2. The normalized spacial score (nSPS) is 19.8. The summed E-state index contributed by atoms with van der Waals surface area (Å²) in [6.07, 6.45) is 10.9. The second-order valence-corrected chi connectivity index (χ2v) is 6.35. The summed E-state index contributed by atoms with van der Waals surface area (Å²) in [6.45, 7) is 2.77. The molecular weight excluding hydrogens is 260 g/mol. The van der Waals surface area contributed by atoms with E-state index in [9.17, 15) is 0 Å². The Kier molecular flexibility index (Phi) is 5.39. The third-order valence-electron chi connectivity index (χ3n) is 4.67. The van der Waals surface area contributed by atoms with Gasteiger partial charge >= 0.3 is 0 Å². The molecule has 1 aliphatic heterocycles. The molecule has 0 spiro atoms. The second kappa shape index (κ2) is 7.69. The summed E-state index contributed by atoms with van der Waals surface area (Å²) in [4.78, 5) is 0. The average Bonchev–Trinajstić information content (AvgIpc) is 2.49. The van der Waals surface area contributed by atoms with Crippen molar-refractivity contribution < 1.29 is 4.74 Å². The fraction of sp³-hybridized carbons (Fsp3) is 0.667. The zero-order valence-electron chi connectivity index (χ0n) is 13.0. The molecule has 1 aromatic rings. The highest BCUT2D eigenvalue weighted by Gasteiger charge is 2.12. The zero-order chi connectivity index (χ0) is 14.3. The summed E-state index contributed by atoms with van der Waals surface area (Å²) in [7, 11) is 0. The summed E-state index contributed by atoms with van der Waals surface area (Å²) >= 11 is 0. The Labute approximate surface area is 128 Å². The van der Waals surface area contributed by atoms with Gasteiger partial charge in [-0.2, -0.15) is 0 Å². The van der Waals surface area contributed by atoms with Crippen molar-refractivity contribution in [3.63, 3.8) is 0 Å². The molecule has 2 N–H and O–H groups in total. The van der Waals surface area contributed by atoms with Crippen LogP contribution >= 0.6 is 0 Å². The Hall–Kier alpha value is -1.22. The highest BCUT2D eigenvalue weighted by Crippen LogP contribution is 2.28. The maximum atomic E-state index is 5.63. The van der Waals surface area contributed by atoms with Crippen molar-refractivity contribution in [3.8, 4) is 5.75 Å². The van der Waals surface area contributed by atoms with Crippen molar-refractivity contribution in [3.05, 3.63) is 23.8 Å². The van der Waals surface area contributed by atoms with Gasteiger partial charge < -0.3 is 15.4 Å². The van der Waals surface area contributed by atoms with E-state index in [1.807, 2.05) is 0 Å². The molecule has 3 heteroatoms. The number of hydrogen-bond donors (Lipinski definition) is 2. The minimum Gasteiger partial charge on any atom is -0.490 e. The van der Waals surface area contributed by atoms with Crippen molar-refractivity contribution in [1.29, 1.82) is 0 Å². The molecule has 0 radical (unpaired) electrons. The SMILES string of the molecule is c1cc2c(cc1CCNC1CCCCCCC1)NCCO2. The number of benzene rings is 1. The minimum absolute atomic E-state index is 0.740. The van der Waals surface area contributed by atoms with Crippen LogP contribution in [0.25, 0.3) is 0 Å². The van der Waals surface area contributed by atoms with Crippen LogP contribution in [0.4, 0.5) is 5.69 Å². The molecule has 0 aromatic heterocycles. The van der Waals surface area contributed by atoms with Crippen molar-refractivity contribution >= 4 is 5.69 Å². The van der Waals surface area contributed by atoms with Crippen LogP contribution in [0.15, 0.2) is 18.2 Å². The van der Waals surface area contributed by atoms with Crippen LogP contribution in [-0.4, -0.2) is 25.7 Å². The van der Waals surface area contributed by atoms with Gasteiger partial charge in [-0.25, -0.2) is 0 Å². The first-order chi connectivity index (χ1) is 10.4. The van der Waals surface area contributed by atoms with Crippen molar-refractivity contribution in [2.75, 3.05) is 25.0 Å². The number of rotatable bonds is 4. The second-order valence-electron chi connectivity index (χ2n) is 6.35. The Morgan fingerprint density at radius 3 is 2.76 bits per heavy atom. The first-order valence-corrected chi connectivity index (χ1v) is 8.65. The molecule has 1 aromatic carbocycles. The van der Waals surface area contributed by atoms with Gasteiger partial charge in [-0.3, -0.25) is 0 Å². The highest BCUT2D eigenvalue weighted by atomic mass is 16.5. The molecule has 21 heavy (non-hydrogen) atoms. The van der Waals surface area contributed by atoms with Gasteiger partial charge in [0.1, 0.15) is 12.4 Å². The summed E-state index contributed by atoms with van der Waals surface area (Å²) in [5, 5.41) is 7.18. The van der Waals surface area contributed by atoms with E-state index < -0.39 is 0 Å². The van der Waals surface area contributed by atoms with Crippen LogP contribution in [0.5, 0.6) is 5.75 Å². The molecule has 3 rings (SSSR count). The van der Waals surface area contributed by atoms with E-state index in [2.05, 4.69) is 28.8 Å². The van der Waals surface area contributed by atoms with Gasteiger partial charge in [0.05, 0.1) is 5.69 Å². The van der Waals surface area contributed by atoms with Crippen molar-refractivity contribution in [2.45, 2.75) is 57.4 Å². The van der Waals surface area contributed by atoms with E-state index in [4.69, 9.17) is 4.74 Å². The van der Waals surface area contributed by atoms with Crippen LogP contribution in [0, 0.1) is 0 Å². The lowest BCUT2D eigenvalue weighted by Crippen LogP contribution is -2.31. The number of anilines is 1. The van der Waals surface area contributed by atoms with Gasteiger partial charge in [0.25, 0.3) is 0 Å². The lowest BCUT2D eigenvalue weighted by molar-refractivity contribution is 0.323. The monoisotopic (exact) mass is 288 g/mol. The van der Waals surface area contributed by atoms with E-state index in [1.165, 1.54) is 50.5 Å².